The molecule has 2 amide bonds. The Morgan fingerprint density at radius 2 is 2.03 bits per heavy atom. The molecule has 0 atom stereocenters. The van der Waals surface area contributed by atoms with Crippen molar-refractivity contribution in [2.45, 2.75) is 26.7 Å². The lowest BCUT2D eigenvalue weighted by Crippen LogP contribution is -2.39. The van der Waals surface area contributed by atoms with Gasteiger partial charge in [0.05, 0.1) is 17.9 Å². The van der Waals surface area contributed by atoms with Crippen LogP contribution in [0.15, 0.2) is 42.5 Å². The zero-order valence-electron chi connectivity index (χ0n) is 16.6. The molecule has 2 aromatic rings. The Bertz CT molecular complexity index is 925. The third-order valence-electron chi connectivity index (χ3n) is 4.50. The molecule has 0 unspecified atom stereocenters. The summed E-state index contributed by atoms with van der Waals surface area (Å²) in [5.74, 6) is -0.0550. The zero-order valence-corrected chi connectivity index (χ0v) is 16.6. The van der Waals surface area contributed by atoms with Crippen molar-refractivity contribution in [2.24, 2.45) is 0 Å². The molecule has 0 saturated heterocycles. The topological polar surface area (TPSA) is 84.9 Å². The number of esters is 1. The Labute approximate surface area is 169 Å². The molecule has 1 heterocycles. The van der Waals surface area contributed by atoms with Crippen LogP contribution in [-0.2, 0) is 14.3 Å². The monoisotopic (exact) mass is 396 g/mol. The number of anilines is 2. The molecule has 0 aromatic heterocycles. The van der Waals surface area contributed by atoms with Gasteiger partial charge in [0.1, 0.15) is 5.75 Å². The second-order valence-electron chi connectivity index (χ2n) is 6.76. The fraction of sp³-hybridized carbons (Fsp3) is 0.318. The Balaban J connectivity index is 1.56. The number of rotatable bonds is 7. The molecule has 3 rings (SSSR count). The van der Waals surface area contributed by atoms with E-state index in [1.807, 2.05) is 25.1 Å². The predicted octanol–water partition coefficient (Wildman–Crippen LogP) is 3.32. The van der Waals surface area contributed by atoms with Crippen molar-refractivity contribution in [3.63, 3.8) is 0 Å². The molecule has 0 bridgehead atoms. The second-order valence-corrected chi connectivity index (χ2v) is 6.76. The number of hydrogen-bond acceptors (Lipinski definition) is 5. The van der Waals surface area contributed by atoms with Crippen molar-refractivity contribution in [3.8, 4) is 5.75 Å². The van der Waals surface area contributed by atoms with Crippen LogP contribution in [-0.4, -0.2) is 37.5 Å². The first kappa shape index (κ1) is 20.4. The van der Waals surface area contributed by atoms with Crippen LogP contribution in [0.5, 0.6) is 5.75 Å². The number of nitrogens with zero attached hydrogens (tertiary/aromatic N) is 1. The number of ether oxygens (including phenoxy) is 2. The van der Waals surface area contributed by atoms with E-state index in [1.54, 1.807) is 36.1 Å². The predicted molar refractivity (Wildman–Crippen MR) is 109 cm³/mol. The van der Waals surface area contributed by atoms with E-state index in [0.29, 0.717) is 36.6 Å². The number of hydrogen-bond donors (Lipinski definition) is 1. The summed E-state index contributed by atoms with van der Waals surface area (Å²) in [7, 11) is 0. The molecule has 0 radical (unpaired) electrons. The lowest BCUT2D eigenvalue weighted by atomic mass is 10.1. The largest absolute Gasteiger partial charge is 0.482 e. The molecule has 152 valence electrons. The van der Waals surface area contributed by atoms with E-state index in [-0.39, 0.29) is 24.8 Å². The van der Waals surface area contributed by atoms with E-state index in [2.05, 4.69) is 5.32 Å². The fourth-order valence-corrected chi connectivity index (χ4v) is 3.12. The molecule has 1 aliphatic heterocycles. The summed E-state index contributed by atoms with van der Waals surface area (Å²) in [4.78, 5) is 38.0. The van der Waals surface area contributed by atoms with Crippen molar-refractivity contribution in [3.05, 3.63) is 53.6 Å². The SMILES string of the molecule is CCOC(=O)c1cccc(NC(=O)CCCN2C(=O)COc3ccc(C)cc32)c1. The van der Waals surface area contributed by atoms with Crippen LogP contribution >= 0.6 is 0 Å². The zero-order chi connectivity index (χ0) is 20.8. The molecule has 0 aliphatic carbocycles. The third kappa shape index (κ3) is 5.13. The quantitative estimate of drug-likeness (QED) is 0.726. The molecular formula is C22H24N2O5. The van der Waals surface area contributed by atoms with Gasteiger partial charge in [0.15, 0.2) is 6.61 Å². The van der Waals surface area contributed by atoms with Gasteiger partial charge in [-0.25, -0.2) is 4.79 Å². The minimum absolute atomic E-state index is 0.00289. The van der Waals surface area contributed by atoms with E-state index >= 15 is 0 Å². The first-order valence-corrected chi connectivity index (χ1v) is 9.59. The smallest absolute Gasteiger partial charge is 0.338 e. The molecule has 7 nitrogen and oxygen atoms in total. The van der Waals surface area contributed by atoms with E-state index < -0.39 is 5.97 Å². The van der Waals surface area contributed by atoms with Gasteiger partial charge in [-0.3, -0.25) is 9.59 Å². The maximum absolute atomic E-state index is 12.3. The highest BCUT2D eigenvalue weighted by atomic mass is 16.5. The van der Waals surface area contributed by atoms with Crippen molar-refractivity contribution in [1.82, 2.24) is 0 Å². The van der Waals surface area contributed by atoms with Gasteiger partial charge >= 0.3 is 5.97 Å². The summed E-state index contributed by atoms with van der Waals surface area (Å²) in [6.07, 6.45) is 0.748. The number of benzene rings is 2. The molecule has 2 aromatic carbocycles. The van der Waals surface area contributed by atoms with Crippen LogP contribution in [0.2, 0.25) is 0 Å². The molecule has 29 heavy (non-hydrogen) atoms. The average Bonchev–Trinajstić information content (AvgIpc) is 2.70. The summed E-state index contributed by atoms with van der Waals surface area (Å²) in [5, 5.41) is 2.78. The van der Waals surface area contributed by atoms with Crippen LogP contribution in [0, 0.1) is 6.92 Å². The van der Waals surface area contributed by atoms with Crippen molar-refractivity contribution in [2.75, 3.05) is 30.0 Å². The van der Waals surface area contributed by atoms with Gasteiger partial charge in [-0.2, -0.15) is 0 Å². The Morgan fingerprint density at radius 3 is 2.83 bits per heavy atom. The highest BCUT2D eigenvalue weighted by molar-refractivity contribution is 5.98. The number of fused-ring (bicyclic) bond motifs is 1. The van der Waals surface area contributed by atoms with E-state index in [1.165, 1.54) is 0 Å². The Morgan fingerprint density at radius 1 is 1.21 bits per heavy atom. The highest BCUT2D eigenvalue weighted by Crippen LogP contribution is 2.33. The molecular weight excluding hydrogens is 372 g/mol. The lowest BCUT2D eigenvalue weighted by molar-refractivity contribution is -0.121. The number of amides is 2. The van der Waals surface area contributed by atoms with E-state index in [4.69, 9.17) is 9.47 Å². The first-order valence-electron chi connectivity index (χ1n) is 9.59. The van der Waals surface area contributed by atoms with Gasteiger partial charge in [-0.15, -0.1) is 0 Å². The van der Waals surface area contributed by atoms with Crippen LogP contribution in [0.25, 0.3) is 0 Å². The van der Waals surface area contributed by atoms with Gasteiger partial charge in [-0.1, -0.05) is 12.1 Å². The highest BCUT2D eigenvalue weighted by Gasteiger charge is 2.25. The molecule has 1 N–H and O–H groups in total. The Kier molecular flexibility index (Phi) is 6.49. The van der Waals surface area contributed by atoms with Crippen molar-refractivity contribution in [1.29, 1.82) is 0 Å². The van der Waals surface area contributed by atoms with Crippen molar-refractivity contribution >= 4 is 29.2 Å². The van der Waals surface area contributed by atoms with Gasteiger partial charge in [0, 0.05) is 18.7 Å². The second kappa shape index (κ2) is 9.23. The van der Waals surface area contributed by atoms with Crippen LogP contribution in [0.1, 0.15) is 35.7 Å². The summed E-state index contributed by atoms with van der Waals surface area (Å²) in [6.45, 7) is 4.41. The van der Waals surface area contributed by atoms with Crippen LogP contribution < -0.4 is 15.0 Å². The molecule has 0 saturated carbocycles. The van der Waals surface area contributed by atoms with Gasteiger partial charge in [0.2, 0.25) is 5.91 Å². The fourth-order valence-electron chi connectivity index (χ4n) is 3.12. The van der Waals surface area contributed by atoms with E-state index in [0.717, 1.165) is 11.3 Å². The van der Waals surface area contributed by atoms with Gasteiger partial charge in [0.25, 0.3) is 5.91 Å². The maximum Gasteiger partial charge on any atom is 0.338 e. The van der Waals surface area contributed by atoms with Gasteiger partial charge in [-0.05, 0) is 56.2 Å². The maximum atomic E-state index is 12.3. The number of carbonyl (C=O) groups is 3. The summed E-state index contributed by atoms with van der Waals surface area (Å²) in [5.41, 5.74) is 2.69. The molecule has 7 heteroatoms. The van der Waals surface area contributed by atoms with Crippen LogP contribution in [0.3, 0.4) is 0 Å². The van der Waals surface area contributed by atoms with Crippen LogP contribution in [0.4, 0.5) is 11.4 Å². The summed E-state index contributed by atoms with van der Waals surface area (Å²) >= 11 is 0. The molecule has 0 fully saturated rings. The minimum atomic E-state index is -0.427. The van der Waals surface area contributed by atoms with Crippen molar-refractivity contribution < 1.29 is 23.9 Å². The summed E-state index contributed by atoms with van der Waals surface area (Å²) < 4.78 is 10.4. The Hall–Kier alpha value is -3.35. The minimum Gasteiger partial charge on any atom is -0.482 e. The van der Waals surface area contributed by atoms with E-state index in [9.17, 15) is 14.4 Å². The first-order chi connectivity index (χ1) is 14.0. The standard InChI is InChI=1S/C22H24N2O5/c1-3-28-22(27)16-6-4-7-17(13-16)23-20(25)8-5-11-24-18-12-15(2)9-10-19(18)29-14-21(24)26/h4,6-7,9-10,12-13H,3,5,8,11,14H2,1-2H3,(H,23,25). The molecule has 0 spiro atoms. The number of nitrogens with one attached hydrogen (secondary N) is 1. The third-order valence-corrected chi connectivity index (χ3v) is 4.50. The summed E-state index contributed by atoms with van der Waals surface area (Å²) in [6, 6.07) is 12.3. The van der Waals surface area contributed by atoms with Gasteiger partial charge < -0.3 is 19.7 Å². The normalized spacial score (nSPS) is 12.8. The lowest BCUT2D eigenvalue weighted by Gasteiger charge is -2.29. The average molecular weight is 396 g/mol. The molecule has 1 aliphatic rings. The number of carbonyl (C=O) groups excluding carboxylic acids is 3. The number of aryl methyl sites for hydroxylation is 1.